The van der Waals surface area contributed by atoms with E-state index in [1.54, 1.807) is 11.8 Å². The Hall–Kier alpha value is -7.87. The lowest BCUT2D eigenvalue weighted by Crippen LogP contribution is -2.18. The number of benzene rings is 8. The van der Waals surface area contributed by atoms with Gasteiger partial charge in [0.1, 0.15) is 11.2 Å². The molecule has 4 heterocycles. The van der Waals surface area contributed by atoms with Gasteiger partial charge < -0.3 is 4.42 Å². The first-order valence-electron chi connectivity index (χ1n) is 20.2. The third-order valence-electron chi connectivity index (χ3n) is 11.3. The highest BCUT2D eigenvalue weighted by atomic mass is 32.2. The van der Waals surface area contributed by atoms with Crippen LogP contribution in [0.2, 0.25) is 0 Å². The van der Waals surface area contributed by atoms with Crippen molar-refractivity contribution in [1.29, 1.82) is 0 Å². The summed E-state index contributed by atoms with van der Waals surface area (Å²) in [7, 11) is 0. The highest BCUT2D eigenvalue weighted by molar-refractivity contribution is 7.99. The molecule has 0 atom stereocenters. The molecule has 286 valence electrons. The standard InChI is InChI=1S/C54H33N5OS/c1-4-15-34(16-5-1)43-33-44(35-17-6-2-7-18-35)56-53(55-43)40-22-14-25-48-51(40)41-31-37(28-30-47(41)60-48)38-27-29-46-50(32-38)61-49-26-13-12-24-45(49)59(46)54-57-42-23-11-10-21-39(42)52(58-54)36-19-8-3-9-20-36/h1-33H. The van der Waals surface area contributed by atoms with Gasteiger partial charge >= 0.3 is 0 Å². The van der Waals surface area contributed by atoms with Crippen molar-refractivity contribution >= 4 is 61.9 Å². The quantitative estimate of drug-likeness (QED) is 0.166. The van der Waals surface area contributed by atoms with Gasteiger partial charge in [0.2, 0.25) is 5.95 Å². The minimum atomic E-state index is 0.632. The van der Waals surface area contributed by atoms with Gasteiger partial charge in [-0.15, -0.1) is 0 Å². The lowest BCUT2D eigenvalue weighted by molar-refractivity contribution is 0.669. The van der Waals surface area contributed by atoms with Crippen molar-refractivity contribution in [3.05, 3.63) is 200 Å². The number of fused-ring (bicyclic) bond motifs is 6. The Kier molecular flexibility index (Phi) is 8.31. The van der Waals surface area contributed by atoms with Crippen LogP contribution in [-0.4, -0.2) is 19.9 Å². The average molecular weight is 800 g/mol. The van der Waals surface area contributed by atoms with Crippen LogP contribution in [0.15, 0.2) is 214 Å². The van der Waals surface area contributed by atoms with Gasteiger partial charge in [-0.2, -0.15) is 0 Å². The summed E-state index contributed by atoms with van der Waals surface area (Å²) in [5, 5.41) is 3.01. The number of hydrogen-bond acceptors (Lipinski definition) is 7. The molecule has 0 saturated heterocycles. The number of aromatic nitrogens is 4. The molecule has 0 aliphatic carbocycles. The Balaban J connectivity index is 0.993. The number of anilines is 3. The SMILES string of the molecule is c1ccc(-c2cc(-c3ccccc3)nc(-c3cccc4oc5ccc(-c6ccc7c(c6)Sc6ccccc6N7c6nc(-c7ccccc7)c7ccccc7n6)cc5c34)n2)cc1. The molecule has 6 nitrogen and oxygen atoms in total. The maximum absolute atomic E-state index is 6.52. The second kappa shape index (κ2) is 14.4. The summed E-state index contributed by atoms with van der Waals surface area (Å²) in [6, 6.07) is 69.0. The van der Waals surface area contributed by atoms with Crippen LogP contribution < -0.4 is 4.90 Å². The van der Waals surface area contributed by atoms with E-state index < -0.39 is 0 Å². The first-order valence-corrected chi connectivity index (χ1v) is 21.0. The highest BCUT2D eigenvalue weighted by Gasteiger charge is 2.28. The van der Waals surface area contributed by atoms with Crippen LogP contribution in [0.25, 0.3) is 89.1 Å². The Morgan fingerprint density at radius 3 is 1.82 bits per heavy atom. The van der Waals surface area contributed by atoms with Crippen LogP contribution in [0, 0.1) is 0 Å². The van der Waals surface area contributed by atoms with Gasteiger partial charge in [0, 0.05) is 48.2 Å². The number of furan rings is 1. The molecule has 0 N–H and O–H groups in total. The molecule has 0 fully saturated rings. The van der Waals surface area contributed by atoms with Crippen molar-refractivity contribution in [3.63, 3.8) is 0 Å². The molecule has 3 aromatic heterocycles. The van der Waals surface area contributed by atoms with Crippen LogP contribution in [-0.2, 0) is 0 Å². The Morgan fingerprint density at radius 1 is 0.410 bits per heavy atom. The smallest absolute Gasteiger partial charge is 0.235 e. The number of hydrogen-bond donors (Lipinski definition) is 0. The fourth-order valence-electron chi connectivity index (χ4n) is 8.41. The van der Waals surface area contributed by atoms with Gasteiger partial charge in [0.25, 0.3) is 0 Å². The van der Waals surface area contributed by atoms with Crippen molar-refractivity contribution in [2.75, 3.05) is 4.90 Å². The van der Waals surface area contributed by atoms with Crippen molar-refractivity contribution in [2.45, 2.75) is 9.79 Å². The first kappa shape index (κ1) is 35.1. The Bertz CT molecular complexity index is 3400. The molecule has 0 amide bonds. The molecule has 61 heavy (non-hydrogen) atoms. The zero-order valence-corrected chi connectivity index (χ0v) is 33.4. The third kappa shape index (κ3) is 6.13. The zero-order valence-electron chi connectivity index (χ0n) is 32.6. The summed E-state index contributed by atoms with van der Waals surface area (Å²) in [5.74, 6) is 1.28. The predicted molar refractivity (Wildman–Crippen MR) is 248 cm³/mol. The minimum Gasteiger partial charge on any atom is -0.456 e. The van der Waals surface area contributed by atoms with E-state index in [1.807, 2.05) is 66.7 Å². The largest absolute Gasteiger partial charge is 0.456 e. The van der Waals surface area contributed by atoms with Crippen molar-refractivity contribution in [2.24, 2.45) is 0 Å². The van der Waals surface area contributed by atoms with E-state index in [0.29, 0.717) is 11.8 Å². The topological polar surface area (TPSA) is 67.9 Å². The second-order valence-electron chi connectivity index (χ2n) is 15.0. The summed E-state index contributed by atoms with van der Waals surface area (Å²) < 4.78 is 6.52. The van der Waals surface area contributed by atoms with E-state index in [2.05, 4.69) is 138 Å². The van der Waals surface area contributed by atoms with E-state index in [0.717, 1.165) is 104 Å². The Morgan fingerprint density at radius 2 is 1.05 bits per heavy atom. The average Bonchev–Trinajstić information content (AvgIpc) is 3.72. The van der Waals surface area contributed by atoms with E-state index in [9.17, 15) is 0 Å². The summed E-state index contributed by atoms with van der Waals surface area (Å²) in [6.07, 6.45) is 0. The molecule has 1 aliphatic heterocycles. The van der Waals surface area contributed by atoms with Gasteiger partial charge in [-0.1, -0.05) is 157 Å². The van der Waals surface area contributed by atoms with E-state index >= 15 is 0 Å². The van der Waals surface area contributed by atoms with Gasteiger partial charge in [-0.05, 0) is 65.7 Å². The molecule has 0 spiro atoms. The van der Waals surface area contributed by atoms with Gasteiger partial charge in [0.05, 0.1) is 34.0 Å². The molecule has 12 rings (SSSR count). The fourth-order valence-corrected chi connectivity index (χ4v) is 9.50. The molecule has 0 radical (unpaired) electrons. The van der Waals surface area contributed by atoms with Crippen molar-refractivity contribution in [1.82, 2.24) is 19.9 Å². The molecule has 0 bridgehead atoms. The van der Waals surface area contributed by atoms with Gasteiger partial charge in [-0.3, -0.25) is 4.90 Å². The highest BCUT2D eigenvalue weighted by Crippen LogP contribution is 2.52. The first-order chi connectivity index (χ1) is 30.2. The molecular formula is C54H33N5OS. The van der Waals surface area contributed by atoms with Crippen LogP contribution in [0.5, 0.6) is 0 Å². The summed E-state index contributed by atoms with van der Waals surface area (Å²) in [5.41, 5.74) is 13.4. The van der Waals surface area contributed by atoms with Gasteiger partial charge in [-0.25, -0.2) is 19.9 Å². The predicted octanol–water partition coefficient (Wildman–Crippen LogP) is 14.6. The number of para-hydroxylation sites is 2. The molecule has 8 aromatic carbocycles. The normalized spacial score (nSPS) is 12.2. The number of nitrogens with zero attached hydrogens (tertiary/aromatic N) is 5. The summed E-state index contributed by atoms with van der Waals surface area (Å²) in [6.45, 7) is 0. The third-order valence-corrected chi connectivity index (χ3v) is 12.4. The van der Waals surface area contributed by atoms with Crippen LogP contribution in [0.1, 0.15) is 0 Å². The minimum absolute atomic E-state index is 0.632. The van der Waals surface area contributed by atoms with Crippen LogP contribution >= 0.6 is 11.8 Å². The molecule has 0 unspecified atom stereocenters. The van der Waals surface area contributed by atoms with Gasteiger partial charge in [0.15, 0.2) is 5.82 Å². The van der Waals surface area contributed by atoms with E-state index in [1.165, 1.54) is 0 Å². The van der Waals surface area contributed by atoms with E-state index in [4.69, 9.17) is 24.4 Å². The molecule has 0 saturated carbocycles. The fraction of sp³-hybridized carbons (Fsp3) is 0. The Labute approximate surface area is 355 Å². The lowest BCUT2D eigenvalue weighted by atomic mass is 9.99. The van der Waals surface area contributed by atoms with Crippen molar-refractivity contribution in [3.8, 4) is 56.3 Å². The maximum Gasteiger partial charge on any atom is 0.235 e. The monoisotopic (exact) mass is 799 g/mol. The van der Waals surface area contributed by atoms with Crippen molar-refractivity contribution < 1.29 is 4.42 Å². The molecule has 11 aromatic rings. The second-order valence-corrected chi connectivity index (χ2v) is 16.1. The molecule has 1 aliphatic rings. The summed E-state index contributed by atoms with van der Waals surface area (Å²) in [4.78, 5) is 25.3. The summed E-state index contributed by atoms with van der Waals surface area (Å²) >= 11 is 1.77. The van der Waals surface area contributed by atoms with Crippen LogP contribution in [0.3, 0.4) is 0 Å². The maximum atomic E-state index is 6.52. The zero-order chi connectivity index (χ0) is 40.3. The lowest BCUT2D eigenvalue weighted by Gasteiger charge is -2.31. The molecular weight excluding hydrogens is 767 g/mol. The molecule has 7 heteroatoms. The number of rotatable bonds is 6. The van der Waals surface area contributed by atoms with E-state index in [-0.39, 0.29) is 0 Å². The van der Waals surface area contributed by atoms with Crippen LogP contribution in [0.4, 0.5) is 17.3 Å².